The van der Waals surface area contributed by atoms with Crippen LogP contribution in [0.1, 0.15) is 1.43 Å². The van der Waals surface area contributed by atoms with Gasteiger partial charge in [-0.1, -0.05) is 0 Å². The van der Waals surface area contributed by atoms with E-state index < -0.39 is 11.1 Å². The van der Waals surface area contributed by atoms with Gasteiger partial charge in [0.2, 0.25) is 0 Å². The van der Waals surface area contributed by atoms with Crippen LogP contribution >= 0.6 is 0 Å². The second-order valence-corrected chi connectivity index (χ2v) is 3.20. The zero-order valence-electron chi connectivity index (χ0n) is 9.31. The first-order chi connectivity index (χ1) is 6.19. The normalized spacial score (nSPS) is 11.4. The summed E-state index contributed by atoms with van der Waals surface area (Å²) in [5.41, 5.74) is 0. The molecule has 0 fully saturated rings. The first-order valence-corrected chi connectivity index (χ1v) is 4.62. The molecule has 1 rings (SSSR count). The van der Waals surface area contributed by atoms with Crippen molar-refractivity contribution in [1.29, 1.82) is 0 Å². The molecule has 0 aliphatic heterocycles. The molecular formula is C8H11NaO4S. The molecule has 0 bridgehead atoms. The first kappa shape index (κ1) is 13.9. The van der Waals surface area contributed by atoms with Crippen LogP contribution in [0.2, 0.25) is 0 Å². The third-order valence-corrected chi connectivity index (χ3v) is 2.27. The second kappa shape index (κ2) is 6.42. The van der Waals surface area contributed by atoms with E-state index in [1.807, 2.05) is 0 Å². The standard InChI is InChI=1S/C8H10O4S.Na.H/c1-11-6-3-4-8(13(9)10)7(5-6)12-2;;/h3-5H,1-2H3,(H,9,10);;/q;+1;-1. The molecule has 0 saturated heterocycles. The molecular weight excluding hydrogens is 215 g/mol. The fourth-order valence-corrected chi connectivity index (χ4v) is 1.42. The average Bonchev–Trinajstić information content (AvgIpc) is 2.16. The predicted octanol–water partition coefficient (Wildman–Crippen LogP) is -1.60. The smallest absolute Gasteiger partial charge is 1.00 e. The van der Waals surface area contributed by atoms with Crippen LogP contribution in [0.5, 0.6) is 11.5 Å². The van der Waals surface area contributed by atoms with Crippen molar-refractivity contribution in [2.75, 3.05) is 14.2 Å². The summed E-state index contributed by atoms with van der Waals surface area (Å²) < 4.78 is 29.5. The van der Waals surface area contributed by atoms with E-state index in [1.165, 1.54) is 20.3 Å². The largest absolute Gasteiger partial charge is 1.00 e. The summed E-state index contributed by atoms with van der Waals surface area (Å²) in [6.07, 6.45) is 0. The molecule has 1 aromatic carbocycles. The van der Waals surface area contributed by atoms with Gasteiger partial charge >= 0.3 is 29.6 Å². The van der Waals surface area contributed by atoms with Gasteiger partial charge in [-0.2, -0.15) is 0 Å². The summed E-state index contributed by atoms with van der Waals surface area (Å²) in [5.74, 6) is 0.936. The van der Waals surface area contributed by atoms with Gasteiger partial charge in [-0.25, -0.2) is 4.21 Å². The Balaban J connectivity index is 0. The van der Waals surface area contributed by atoms with E-state index in [0.29, 0.717) is 11.5 Å². The van der Waals surface area contributed by atoms with E-state index in [-0.39, 0.29) is 35.9 Å². The Morgan fingerprint density at radius 1 is 1.36 bits per heavy atom. The molecule has 1 aromatic rings. The summed E-state index contributed by atoms with van der Waals surface area (Å²) in [7, 11) is 2.95. The molecule has 0 saturated carbocycles. The van der Waals surface area contributed by atoms with E-state index in [2.05, 4.69) is 0 Å². The van der Waals surface area contributed by atoms with E-state index in [9.17, 15) is 4.21 Å². The topological polar surface area (TPSA) is 55.8 Å². The van der Waals surface area contributed by atoms with Gasteiger partial charge < -0.3 is 15.5 Å². The summed E-state index contributed by atoms with van der Waals surface area (Å²) >= 11 is -2.03. The van der Waals surface area contributed by atoms with Crippen molar-refractivity contribution >= 4 is 11.1 Å². The monoisotopic (exact) mass is 226 g/mol. The zero-order chi connectivity index (χ0) is 9.84. The van der Waals surface area contributed by atoms with Gasteiger partial charge in [-0.3, -0.25) is 0 Å². The minimum absolute atomic E-state index is 0. The Morgan fingerprint density at radius 2 is 2.00 bits per heavy atom. The maximum atomic E-state index is 10.8. The molecule has 74 valence electrons. The SMILES string of the molecule is COc1ccc(S(=O)O)c(OC)c1.[H-].[Na+]. The van der Waals surface area contributed by atoms with Crippen LogP contribution in [-0.2, 0) is 11.1 Å². The van der Waals surface area contributed by atoms with Gasteiger partial charge in [0.1, 0.15) is 16.4 Å². The number of benzene rings is 1. The molecule has 0 aromatic heterocycles. The Labute approximate surface area is 109 Å². The van der Waals surface area contributed by atoms with Gasteiger partial charge in [0, 0.05) is 6.07 Å². The Bertz CT molecular complexity index is 334. The number of rotatable bonds is 3. The van der Waals surface area contributed by atoms with Crippen molar-refractivity contribution < 1.29 is 49.2 Å². The number of hydrogen-bond donors (Lipinski definition) is 1. The third-order valence-electron chi connectivity index (χ3n) is 1.56. The van der Waals surface area contributed by atoms with Crippen molar-refractivity contribution in [3.63, 3.8) is 0 Å². The molecule has 14 heavy (non-hydrogen) atoms. The quantitative estimate of drug-likeness (QED) is 0.498. The molecule has 0 aliphatic rings. The molecule has 6 heteroatoms. The average molecular weight is 226 g/mol. The zero-order valence-corrected chi connectivity index (χ0v) is 11.1. The van der Waals surface area contributed by atoms with Crippen LogP contribution in [0.25, 0.3) is 0 Å². The van der Waals surface area contributed by atoms with E-state index in [4.69, 9.17) is 14.0 Å². The molecule has 1 unspecified atom stereocenters. The van der Waals surface area contributed by atoms with Crippen molar-refractivity contribution in [3.8, 4) is 11.5 Å². The molecule has 0 radical (unpaired) electrons. The van der Waals surface area contributed by atoms with Crippen LogP contribution < -0.4 is 39.0 Å². The summed E-state index contributed by atoms with van der Waals surface area (Å²) in [6.45, 7) is 0. The molecule has 0 heterocycles. The maximum Gasteiger partial charge on any atom is 1.00 e. The Hall–Kier alpha value is -0.0700. The molecule has 4 nitrogen and oxygen atoms in total. The predicted molar refractivity (Wildman–Crippen MR) is 49.7 cm³/mol. The number of hydrogen-bond acceptors (Lipinski definition) is 3. The van der Waals surface area contributed by atoms with Crippen LogP contribution in [-0.4, -0.2) is 23.0 Å². The van der Waals surface area contributed by atoms with E-state index in [1.54, 1.807) is 12.1 Å². The first-order valence-electron chi connectivity index (χ1n) is 3.52. The van der Waals surface area contributed by atoms with Crippen molar-refractivity contribution in [2.45, 2.75) is 4.90 Å². The van der Waals surface area contributed by atoms with E-state index in [0.717, 1.165) is 0 Å². The summed E-state index contributed by atoms with van der Waals surface area (Å²) in [6, 6.07) is 4.66. The van der Waals surface area contributed by atoms with Crippen LogP contribution in [0.15, 0.2) is 23.1 Å². The fraction of sp³-hybridized carbons (Fsp3) is 0.250. The Kier molecular flexibility index (Phi) is 6.39. The summed E-state index contributed by atoms with van der Waals surface area (Å²) in [5, 5.41) is 0. The maximum absolute atomic E-state index is 10.8. The van der Waals surface area contributed by atoms with Crippen molar-refractivity contribution in [2.24, 2.45) is 0 Å². The third kappa shape index (κ3) is 3.25. The number of methoxy groups -OCH3 is 2. The fourth-order valence-electron chi connectivity index (χ4n) is 0.919. The van der Waals surface area contributed by atoms with Gasteiger partial charge in [-0.05, 0) is 12.1 Å². The minimum atomic E-state index is -2.03. The Morgan fingerprint density at radius 3 is 2.43 bits per heavy atom. The molecule has 0 amide bonds. The number of ether oxygens (including phenoxy) is 2. The van der Waals surface area contributed by atoms with Gasteiger partial charge in [-0.15, -0.1) is 0 Å². The molecule has 1 N–H and O–H groups in total. The van der Waals surface area contributed by atoms with Crippen LogP contribution in [0, 0.1) is 0 Å². The van der Waals surface area contributed by atoms with Gasteiger partial charge in [0.05, 0.1) is 14.2 Å². The van der Waals surface area contributed by atoms with Crippen LogP contribution in [0.3, 0.4) is 0 Å². The van der Waals surface area contributed by atoms with Crippen LogP contribution in [0.4, 0.5) is 0 Å². The minimum Gasteiger partial charge on any atom is -1.00 e. The van der Waals surface area contributed by atoms with Crippen molar-refractivity contribution in [1.82, 2.24) is 0 Å². The van der Waals surface area contributed by atoms with Gasteiger partial charge in [0.15, 0.2) is 11.1 Å². The van der Waals surface area contributed by atoms with E-state index >= 15 is 0 Å². The molecule has 0 spiro atoms. The van der Waals surface area contributed by atoms with Crippen molar-refractivity contribution in [3.05, 3.63) is 18.2 Å². The summed E-state index contributed by atoms with van der Waals surface area (Å²) in [4.78, 5) is 0.239. The second-order valence-electron chi connectivity index (χ2n) is 2.27. The molecule has 1 atom stereocenters. The van der Waals surface area contributed by atoms with Gasteiger partial charge in [0.25, 0.3) is 0 Å². The molecule has 0 aliphatic carbocycles.